The predicted molar refractivity (Wildman–Crippen MR) is 215 cm³/mol. The minimum absolute atomic E-state index is 0.0550. The number of nitrogens with two attached hydrogens (primary N) is 2. The summed E-state index contributed by atoms with van der Waals surface area (Å²) in [6.07, 6.45) is 5.64. The van der Waals surface area contributed by atoms with Gasteiger partial charge in [-0.25, -0.2) is 0 Å². The van der Waals surface area contributed by atoms with E-state index in [1.54, 1.807) is 60.7 Å². The van der Waals surface area contributed by atoms with Gasteiger partial charge < -0.3 is 55.8 Å². The van der Waals surface area contributed by atoms with Crippen LogP contribution in [-0.2, 0) is 57.3 Å². The number of hydrogen-bond acceptors (Lipinski definition) is 13. The third-order valence-electron chi connectivity index (χ3n) is 7.66. The van der Waals surface area contributed by atoms with Gasteiger partial charge in [0.2, 0.25) is 5.91 Å². The number of phenolic OH excluding ortho intramolecular Hbond substituents is 3. The number of ether oxygens (including phenoxy) is 5. The van der Waals surface area contributed by atoms with Crippen molar-refractivity contribution in [1.82, 2.24) is 5.32 Å². The first-order valence-corrected chi connectivity index (χ1v) is 19.1. The molecule has 3 rings (SSSR count). The number of carbonyl (C=O) groups is 3. The molecule has 3 aromatic carbocycles. The summed E-state index contributed by atoms with van der Waals surface area (Å²) in [6.45, 7) is 6.87. The van der Waals surface area contributed by atoms with Gasteiger partial charge in [-0.05, 0) is 98.3 Å². The van der Waals surface area contributed by atoms with E-state index in [-0.39, 0.29) is 47.7 Å². The summed E-state index contributed by atoms with van der Waals surface area (Å²) >= 11 is 0. The lowest BCUT2D eigenvalue weighted by molar-refractivity contribution is -0.139. The minimum Gasteiger partial charge on any atom is -0.508 e. The molecule has 0 radical (unpaired) electrons. The maximum Gasteiger partial charge on any atom is 0.309 e. The summed E-state index contributed by atoms with van der Waals surface area (Å²) in [5.41, 5.74) is 13.2. The fourth-order valence-electron chi connectivity index (χ4n) is 4.59. The Labute approximate surface area is 331 Å². The van der Waals surface area contributed by atoms with Gasteiger partial charge in [-0.3, -0.25) is 14.4 Å². The Morgan fingerprint density at radius 3 is 1.34 bits per heavy atom. The standard InChI is InChI=1S/C25H33NO6.C9H10O3.C8H20N2O2/c27-22-9-5-20(6-10-22)18-24(29)4-1-2-14-31-16-17-32-15-3-13-26-25(30)19-21-7-11-23(28)12-8-21;1-12-9(11)6-7-2-4-8(10)5-3-7;9-3-1-5-11-7-8-12-6-2-4-10/h5-12,27-28H,1-4,13-19H2,(H,26,30);2-5,10H,6H2,1H3;1-10H2. The molecule has 0 fully saturated rings. The van der Waals surface area contributed by atoms with Crippen LogP contribution in [0.3, 0.4) is 0 Å². The largest absolute Gasteiger partial charge is 0.508 e. The van der Waals surface area contributed by atoms with E-state index < -0.39 is 0 Å². The fraction of sp³-hybridized carbons (Fsp3) is 0.500. The minimum atomic E-state index is -0.277. The predicted octanol–water partition coefficient (Wildman–Crippen LogP) is 3.99. The van der Waals surface area contributed by atoms with Crippen molar-refractivity contribution in [1.29, 1.82) is 0 Å². The Morgan fingerprint density at radius 1 is 0.518 bits per heavy atom. The average Bonchev–Trinajstić information content (AvgIpc) is 3.19. The van der Waals surface area contributed by atoms with Crippen molar-refractivity contribution in [2.24, 2.45) is 11.5 Å². The summed E-state index contributed by atoms with van der Waals surface area (Å²) in [5, 5.41) is 30.3. The van der Waals surface area contributed by atoms with E-state index in [9.17, 15) is 24.6 Å². The van der Waals surface area contributed by atoms with Crippen molar-refractivity contribution >= 4 is 17.7 Å². The van der Waals surface area contributed by atoms with Crippen molar-refractivity contribution in [2.75, 3.05) is 79.6 Å². The lowest BCUT2D eigenvalue weighted by atomic mass is 10.0. The second-order valence-electron chi connectivity index (χ2n) is 12.5. The molecule has 0 aliphatic heterocycles. The molecular formula is C42H63N3O11. The highest BCUT2D eigenvalue weighted by Gasteiger charge is 2.05. The molecule has 14 heteroatoms. The van der Waals surface area contributed by atoms with Gasteiger partial charge >= 0.3 is 5.97 Å². The van der Waals surface area contributed by atoms with Gasteiger partial charge in [0.25, 0.3) is 0 Å². The van der Waals surface area contributed by atoms with Crippen molar-refractivity contribution in [3.63, 3.8) is 0 Å². The van der Waals surface area contributed by atoms with E-state index in [1.807, 2.05) is 0 Å². The number of carbonyl (C=O) groups excluding carboxylic acids is 3. The molecular weight excluding hydrogens is 722 g/mol. The normalized spacial score (nSPS) is 10.4. The number of ketones is 1. The Hall–Kier alpha value is -4.57. The van der Waals surface area contributed by atoms with Crippen LogP contribution in [0.15, 0.2) is 72.8 Å². The van der Waals surface area contributed by atoms with Crippen LogP contribution in [0.25, 0.3) is 0 Å². The zero-order chi connectivity index (χ0) is 41.1. The molecule has 312 valence electrons. The highest BCUT2D eigenvalue weighted by molar-refractivity contribution is 5.80. The number of nitrogens with one attached hydrogen (secondary N) is 1. The Morgan fingerprint density at radius 2 is 0.911 bits per heavy atom. The number of esters is 1. The summed E-state index contributed by atoms with van der Waals surface area (Å²) in [4.78, 5) is 34.6. The summed E-state index contributed by atoms with van der Waals surface area (Å²) < 4.78 is 25.9. The quantitative estimate of drug-likeness (QED) is 0.0476. The summed E-state index contributed by atoms with van der Waals surface area (Å²) in [7, 11) is 1.35. The molecule has 0 saturated heterocycles. The third-order valence-corrected chi connectivity index (χ3v) is 7.66. The van der Waals surface area contributed by atoms with E-state index in [2.05, 4.69) is 10.1 Å². The molecule has 0 saturated carbocycles. The van der Waals surface area contributed by atoms with Crippen molar-refractivity contribution in [3.05, 3.63) is 89.5 Å². The van der Waals surface area contributed by atoms with Gasteiger partial charge in [0.05, 0.1) is 46.4 Å². The van der Waals surface area contributed by atoms with Gasteiger partial charge in [0.1, 0.15) is 23.0 Å². The Kier molecular flexibility index (Phi) is 29.8. The van der Waals surface area contributed by atoms with Crippen LogP contribution < -0.4 is 16.8 Å². The van der Waals surface area contributed by atoms with Crippen LogP contribution in [0, 0.1) is 0 Å². The lowest BCUT2D eigenvalue weighted by Crippen LogP contribution is -2.26. The number of Topliss-reactive ketones (excluding diaryl/α,β-unsaturated/α-hetero) is 1. The van der Waals surface area contributed by atoms with Crippen LogP contribution in [-0.4, -0.2) is 113 Å². The topological polar surface area (TPSA) is 222 Å². The van der Waals surface area contributed by atoms with Gasteiger partial charge in [-0.15, -0.1) is 0 Å². The van der Waals surface area contributed by atoms with E-state index in [4.69, 9.17) is 35.5 Å². The monoisotopic (exact) mass is 785 g/mol. The molecule has 0 unspecified atom stereocenters. The number of hydrogen-bond donors (Lipinski definition) is 6. The zero-order valence-corrected chi connectivity index (χ0v) is 32.8. The fourth-order valence-corrected chi connectivity index (χ4v) is 4.59. The first kappa shape index (κ1) is 49.4. The molecule has 56 heavy (non-hydrogen) atoms. The molecule has 0 atom stereocenters. The number of methoxy groups -OCH3 is 1. The first-order valence-electron chi connectivity index (χ1n) is 19.1. The highest BCUT2D eigenvalue weighted by atomic mass is 16.5. The van der Waals surface area contributed by atoms with Gasteiger partial charge in [0, 0.05) is 45.8 Å². The van der Waals surface area contributed by atoms with E-state index >= 15 is 0 Å². The molecule has 1 amide bonds. The van der Waals surface area contributed by atoms with Gasteiger partial charge in [0.15, 0.2) is 0 Å². The van der Waals surface area contributed by atoms with Crippen LogP contribution in [0.1, 0.15) is 55.2 Å². The van der Waals surface area contributed by atoms with Crippen LogP contribution >= 0.6 is 0 Å². The lowest BCUT2D eigenvalue weighted by Gasteiger charge is -2.07. The molecule has 8 N–H and O–H groups in total. The molecule has 0 aromatic heterocycles. The molecule has 3 aromatic rings. The average molecular weight is 786 g/mol. The third kappa shape index (κ3) is 28.8. The van der Waals surface area contributed by atoms with Gasteiger partial charge in [-0.1, -0.05) is 36.4 Å². The molecule has 0 aliphatic carbocycles. The van der Waals surface area contributed by atoms with Gasteiger partial charge in [-0.2, -0.15) is 0 Å². The molecule has 14 nitrogen and oxygen atoms in total. The zero-order valence-electron chi connectivity index (χ0n) is 32.8. The Balaban J connectivity index is 0.000000531. The second-order valence-corrected chi connectivity index (χ2v) is 12.5. The maximum absolute atomic E-state index is 11.9. The highest BCUT2D eigenvalue weighted by Crippen LogP contribution is 2.12. The first-order chi connectivity index (χ1) is 27.2. The van der Waals surface area contributed by atoms with E-state index in [0.717, 1.165) is 62.0 Å². The number of amides is 1. The molecule has 0 spiro atoms. The number of unbranched alkanes of at least 4 members (excludes halogenated alkanes) is 1. The smallest absolute Gasteiger partial charge is 0.309 e. The SMILES string of the molecule is COC(=O)Cc1ccc(O)cc1.NCCCOCCOCCCN.O=C(CCCCOCCOCCCNC(=O)Cc1ccc(O)cc1)Cc1ccc(O)cc1. The molecule has 0 heterocycles. The van der Waals surface area contributed by atoms with E-state index in [1.165, 1.54) is 19.2 Å². The van der Waals surface area contributed by atoms with E-state index in [0.29, 0.717) is 72.1 Å². The number of benzene rings is 3. The molecule has 0 bridgehead atoms. The van der Waals surface area contributed by atoms with Crippen LogP contribution in [0.2, 0.25) is 0 Å². The second kappa shape index (κ2) is 33.7. The van der Waals surface area contributed by atoms with Crippen LogP contribution in [0.5, 0.6) is 17.2 Å². The van der Waals surface area contributed by atoms with Crippen molar-refractivity contribution < 1.29 is 53.4 Å². The Bertz CT molecular complexity index is 1340. The van der Waals surface area contributed by atoms with Crippen molar-refractivity contribution in [3.8, 4) is 17.2 Å². The summed E-state index contributed by atoms with van der Waals surface area (Å²) in [6, 6.07) is 19.8. The number of rotatable bonds is 27. The number of phenols is 3. The van der Waals surface area contributed by atoms with Crippen molar-refractivity contribution in [2.45, 2.75) is 57.8 Å². The molecule has 0 aliphatic rings. The number of aromatic hydroxyl groups is 3. The summed E-state index contributed by atoms with van der Waals surface area (Å²) in [5.74, 6) is 0.447. The van der Waals surface area contributed by atoms with Crippen LogP contribution in [0.4, 0.5) is 0 Å². The maximum atomic E-state index is 11.9.